The molecule has 0 aromatic heterocycles. The highest BCUT2D eigenvalue weighted by molar-refractivity contribution is 5.43. The van der Waals surface area contributed by atoms with Crippen LogP contribution in [0.15, 0.2) is 65.2 Å². The van der Waals surface area contributed by atoms with Gasteiger partial charge in [-0.2, -0.15) is 13.2 Å². The summed E-state index contributed by atoms with van der Waals surface area (Å²) in [4.78, 5) is 12.5. The average molecular weight is 422 g/mol. The van der Waals surface area contributed by atoms with Crippen LogP contribution in [0.2, 0.25) is 0 Å². The number of hydrogen-bond acceptors (Lipinski definition) is 4. The number of para-hydroxylation sites is 1. The Morgan fingerprint density at radius 3 is 2.50 bits per heavy atom. The molecule has 5 nitrogen and oxygen atoms in total. The monoisotopic (exact) mass is 422 g/mol. The molecule has 0 amide bonds. The molecule has 2 aliphatic rings. The number of nitrogens with zero attached hydrogens (tertiary/aromatic N) is 2. The quantitative estimate of drug-likeness (QED) is 0.451. The van der Waals surface area contributed by atoms with Gasteiger partial charge in [0.2, 0.25) is 0 Å². The van der Waals surface area contributed by atoms with Crippen molar-refractivity contribution in [1.29, 1.82) is 0 Å². The van der Waals surface area contributed by atoms with Crippen molar-refractivity contribution >= 4 is 0 Å². The third-order valence-corrected chi connectivity index (χ3v) is 5.58. The Morgan fingerprint density at radius 2 is 1.90 bits per heavy atom. The summed E-state index contributed by atoms with van der Waals surface area (Å²) in [7, 11) is 0. The number of rotatable bonds is 5. The summed E-state index contributed by atoms with van der Waals surface area (Å²) >= 11 is 0. The first kappa shape index (κ1) is 21.9. The van der Waals surface area contributed by atoms with Crippen molar-refractivity contribution < 1.29 is 22.8 Å². The number of hydrogen-bond donors (Lipinski definition) is 0. The van der Waals surface area contributed by atoms with E-state index in [0.717, 1.165) is 25.0 Å². The van der Waals surface area contributed by atoms with Crippen molar-refractivity contribution in [2.75, 3.05) is 13.1 Å². The third kappa shape index (κ3) is 5.04. The van der Waals surface area contributed by atoms with Crippen molar-refractivity contribution in [1.82, 2.24) is 4.90 Å². The van der Waals surface area contributed by atoms with E-state index >= 15 is 0 Å². The Balaban J connectivity index is 2.10. The van der Waals surface area contributed by atoms with Gasteiger partial charge in [0.05, 0.1) is 11.3 Å². The minimum absolute atomic E-state index is 0.0875. The first-order valence-corrected chi connectivity index (χ1v) is 10.0. The van der Waals surface area contributed by atoms with Gasteiger partial charge in [-0.3, -0.25) is 10.1 Å². The fourth-order valence-corrected chi connectivity index (χ4v) is 3.91. The van der Waals surface area contributed by atoms with E-state index in [9.17, 15) is 23.3 Å². The molecule has 0 spiro atoms. The van der Waals surface area contributed by atoms with Gasteiger partial charge >= 0.3 is 6.18 Å². The Labute approximate surface area is 173 Å². The summed E-state index contributed by atoms with van der Waals surface area (Å²) in [5.41, 5.74) is -1.32. The molecule has 1 unspecified atom stereocenters. The van der Waals surface area contributed by atoms with Crippen molar-refractivity contribution in [3.05, 3.63) is 75.3 Å². The first-order chi connectivity index (χ1) is 14.2. The van der Waals surface area contributed by atoms with Crippen LogP contribution < -0.4 is 4.74 Å². The second-order valence-electron chi connectivity index (χ2n) is 7.95. The van der Waals surface area contributed by atoms with Gasteiger partial charge in [-0.1, -0.05) is 32.0 Å². The van der Waals surface area contributed by atoms with E-state index < -0.39 is 28.9 Å². The smallest absolute Gasteiger partial charge is 0.421 e. The molecule has 1 atom stereocenters. The predicted molar refractivity (Wildman–Crippen MR) is 107 cm³/mol. The average Bonchev–Trinajstić information content (AvgIpc) is 2.89. The topological polar surface area (TPSA) is 55.6 Å². The number of nitro groups is 1. The summed E-state index contributed by atoms with van der Waals surface area (Å²) in [6, 6.07) is 8.13. The molecule has 0 radical (unpaired) electrons. The van der Waals surface area contributed by atoms with Gasteiger partial charge < -0.3 is 9.64 Å². The van der Waals surface area contributed by atoms with Gasteiger partial charge in [0.15, 0.2) is 0 Å². The molecule has 30 heavy (non-hydrogen) atoms. The molecule has 1 aromatic rings. The highest BCUT2D eigenvalue weighted by Crippen LogP contribution is 2.41. The maximum Gasteiger partial charge on any atom is 0.421 e. The molecule has 0 bridgehead atoms. The summed E-state index contributed by atoms with van der Waals surface area (Å²) in [5, 5.41) is 11.5. The lowest BCUT2D eigenvalue weighted by Crippen LogP contribution is -2.39. The maximum atomic E-state index is 14.3. The van der Waals surface area contributed by atoms with E-state index in [-0.39, 0.29) is 23.1 Å². The number of halogens is 3. The highest BCUT2D eigenvalue weighted by Gasteiger charge is 2.44. The fourth-order valence-electron chi connectivity index (χ4n) is 3.91. The van der Waals surface area contributed by atoms with Crippen LogP contribution >= 0.6 is 0 Å². The predicted octanol–water partition coefficient (Wildman–Crippen LogP) is 5.70. The standard InChI is InChI=1S/C22H25F3N2O3/c1-15(2)16-7-6-12-26(14-16)19-13-17(27(28)29)10-11-20(21(19)22(23,24)25)30-18-8-4-3-5-9-18/h3-5,8-11,15-16H,6-7,12-14H2,1-2H3. The molecule has 1 aromatic carbocycles. The van der Waals surface area contributed by atoms with Crippen LogP contribution in [0, 0.1) is 22.0 Å². The zero-order valence-corrected chi connectivity index (χ0v) is 17.0. The number of likely N-dealkylation sites (tertiary alicyclic amines) is 1. The molecule has 1 aliphatic heterocycles. The zero-order valence-electron chi connectivity index (χ0n) is 17.0. The van der Waals surface area contributed by atoms with Gasteiger partial charge in [0.25, 0.3) is 5.70 Å². The largest absolute Gasteiger partial charge is 0.457 e. The van der Waals surface area contributed by atoms with E-state index in [2.05, 4.69) is 0 Å². The van der Waals surface area contributed by atoms with Gasteiger partial charge in [-0.25, -0.2) is 0 Å². The lowest BCUT2D eigenvalue weighted by Gasteiger charge is -2.38. The number of benzene rings is 1. The van der Waals surface area contributed by atoms with E-state index in [0.29, 0.717) is 19.0 Å². The van der Waals surface area contributed by atoms with Crippen LogP contribution in [0.1, 0.15) is 33.1 Å². The number of allylic oxidation sites excluding steroid dienone is 3. The second-order valence-corrected chi connectivity index (χ2v) is 7.95. The lowest BCUT2D eigenvalue weighted by molar-refractivity contribution is -0.427. The summed E-state index contributed by atoms with van der Waals surface area (Å²) in [6.07, 6.45) is -1.27. The van der Waals surface area contributed by atoms with Crippen LogP contribution in [-0.4, -0.2) is 29.1 Å². The number of alkyl halides is 3. The molecule has 1 aliphatic carbocycles. The molecular weight excluding hydrogens is 397 g/mol. The summed E-state index contributed by atoms with van der Waals surface area (Å²) in [5.74, 6) is 0.359. The number of ether oxygens (including phenoxy) is 1. The van der Waals surface area contributed by atoms with Crippen LogP contribution in [0.3, 0.4) is 0 Å². The van der Waals surface area contributed by atoms with Crippen molar-refractivity contribution in [3.8, 4) is 5.75 Å². The molecular formula is C22H25F3N2O3. The summed E-state index contributed by atoms with van der Waals surface area (Å²) < 4.78 is 48.4. The molecule has 162 valence electrons. The van der Waals surface area contributed by atoms with E-state index in [1.165, 1.54) is 0 Å². The molecule has 1 saturated heterocycles. The normalized spacial score (nSPS) is 20.6. The fraction of sp³-hybridized carbons (Fsp3) is 0.455. The Kier molecular flexibility index (Phi) is 6.53. The molecule has 0 saturated carbocycles. The molecule has 0 N–H and O–H groups in total. The molecule has 1 fully saturated rings. The van der Waals surface area contributed by atoms with Gasteiger partial charge in [-0.05, 0) is 42.9 Å². The second kappa shape index (κ2) is 8.93. The van der Waals surface area contributed by atoms with Gasteiger partial charge in [-0.15, -0.1) is 0 Å². The Bertz CT molecular complexity index is 873. The maximum absolute atomic E-state index is 14.3. The summed E-state index contributed by atoms with van der Waals surface area (Å²) in [6.45, 7) is 4.97. The van der Waals surface area contributed by atoms with Crippen LogP contribution in [0.5, 0.6) is 5.75 Å². The van der Waals surface area contributed by atoms with Crippen LogP contribution in [0.25, 0.3) is 0 Å². The van der Waals surface area contributed by atoms with E-state index in [4.69, 9.17) is 4.74 Å². The third-order valence-electron chi connectivity index (χ3n) is 5.58. The molecule has 3 rings (SSSR count). The number of piperidine rings is 1. The zero-order chi connectivity index (χ0) is 21.9. The van der Waals surface area contributed by atoms with Crippen molar-refractivity contribution in [2.24, 2.45) is 11.8 Å². The first-order valence-electron chi connectivity index (χ1n) is 10.0. The SMILES string of the molecule is CC(C)C1CCCN(C2=C(C(F)(F)F)C(Oc3ccccc3)=CC=C([N+](=O)[O-])C2)C1. The van der Waals surface area contributed by atoms with Crippen LogP contribution in [-0.2, 0) is 0 Å². The van der Waals surface area contributed by atoms with Crippen molar-refractivity contribution in [2.45, 2.75) is 39.3 Å². The van der Waals surface area contributed by atoms with Crippen LogP contribution in [0.4, 0.5) is 13.2 Å². The highest BCUT2D eigenvalue weighted by atomic mass is 19.4. The van der Waals surface area contributed by atoms with E-state index in [1.54, 1.807) is 35.2 Å². The molecule has 1 heterocycles. The molecule has 8 heteroatoms. The van der Waals surface area contributed by atoms with E-state index in [1.807, 2.05) is 13.8 Å². The van der Waals surface area contributed by atoms with Gasteiger partial charge in [0.1, 0.15) is 17.1 Å². The lowest BCUT2D eigenvalue weighted by atomic mass is 9.87. The Morgan fingerprint density at radius 1 is 1.20 bits per heavy atom. The Hall–Kier alpha value is -2.77. The van der Waals surface area contributed by atoms with Gasteiger partial charge in [0, 0.05) is 24.9 Å². The van der Waals surface area contributed by atoms with Crippen molar-refractivity contribution in [3.63, 3.8) is 0 Å². The minimum atomic E-state index is -4.72. The minimum Gasteiger partial charge on any atom is -0.457 e.